The number of hydrogen-bond donors (Lipinski definition) is 3. The second kappa shape index (κ2) is 15.9. The summed E-state index contributed by atoms with van der Waals surface area (Å²) in [5.41, 5.74) is 4.99. The van der Waals surface area contributed by atoms with E-state index in [-0.39, 0.29) is 18.2 Å². The third-order valence-corrected chi connectivity index (χ3v) is 8.16. The van der Waals surface area contributed by atoms with Gasteiger partial charge in [-0.2, -0.15) is 0 Å². The van der Waals surface area contributed by atoms with Crippen LogP contribution in [0.2, 0.25) is 0 Å². The van der Waals surface area contributed by atoms with Gasteiger partial charge >= 0.3 is 12.0 Å². The standard InChI is InChI=1S/C27H33N3O3.C9H10O2/c1-4-6-18(2)30-13-11-20(12-14-30)25-17-33-26-10-9-23(16-24(25)26)29-27(32)28-22-8-5-7-21(15-22)19(3)31;10-9(11)7-6-8-4-2-1-3-5-8/h5,7-10,15-18,20H,4,6,11-14H2,1-3H3,(H2,28,29,32);1-5H,6-7H2,(H,10,11). The molecule has 44 heavy (non-hydrogen) atoms. The maximum absolute atomic E-state index is 12.5. The van der Waals surface area contributed by atoms with E-state index in [1.165, 1.54) is 25.3 Å². The number of aliphatic carboxylic acids is 1. The fourth-order valence-corrected chi connectivity index (χ4v) is 5.70. The van der Waals surface area contributed by atoms with E-state index in [1.807, 2.05) is 54.8 Å². The normalized spacial score (nSPS) is 14.3. The van der Waals surface area contributed by atoms with Crippen LogP contribution < -0.4 is 10.6 Å². The van der Waals surface area contributed by atoms with E-state index in [2.05, 4.69) is 29.4 Å². The van der Waals surface area contributed by atoms with E-state index in [9.17, 15) is 14.4 Å². The summed E-state index contributed by atoms with van der Waals surface area (Å²) in [6.07, 6.45) is 7.42. The largest absolute Gasteiger partial charge is 0.481 e. The molecule has 8 heteroatoms. The number of fused-ring (bicyclic) bond motifs is 1. The number of likely N-dealkylation sites (tertiary alicyclic amines) is 1. The van der Waals surface area contributed by atoms with Crippen LogP contribution in [0.15, 0.2) is 83.5 Å². The van der Waals surface area contributed by atoms with Gasteiger partial charge in [-0.1, -0.05) is 55.8 Å². The third-order valence-electron chi connectivity index (χ3n) is 8.16. The lowest BCUT2D eigenvalue weighted by atomic mass is 9.88. The number of Topliss-reactive ketones (excluding diaryl/α,β-unsaturated/α-hetero) is 1. The minimum atomic E-state index is -0.742. The molecule has 0 spiro atoms. The van der Waals surface area contributed by atoms with E-state index in [1.54, 1.807) is 24.3 Å². The van der Waals surface area contributed by atoms with Crippen LogP contribution in [0.25, 0.3) is 11.0 Å². The van der Waals surface area contributed by atoms with Crippen molar-refractivity contribution in [1.29, 1.82) is 0 Å². The lowest BCUT2D eigenvalue weighted by Crippen LogP contribution is -2.39. The average molecular weight is 598 g/mol. The van der Waals surface area contributed by atoms with E-state index in [0.29, 0.717) is 35.3 Å². The summed E-state index contributed by atoms with van der Waals surface area (Å²) in [6.45, 7) is 8.30. The number of benzene rings is 3. The van der Waals surface area contributed by atoms with Crippen molar-refractivity contribution < 1.29 is 23.9 Å². The zero-order valence-corrected chi connectivity index (χ0v) is 25.8. The Morgan fingerprint density at radius 1 is 0.955 bits per heavy atom. The Morgan fingerprint density at radius 2 is 1.66 bits per heavy atom. The van der Waals surface area contributed by atoms with Gasteiger partial charge in [0, 0.05) is 40.4 Å². The fourth-order valence-electron chi connectivity index (χ4n) is 5.70. The van der Waals surface area contributed by atoms with Crippen molar-refractivity contribution in [2.45, 2.75) is 71.3 Å². The predicted molar refractivity (Wildman–Crippen MR) is 176 cm³/mol. The first-order valence-corrected chi connectivity index (χ1v) is 15.4. The molecule has 1 aliphatic rings. The molecule has 1 aliphatic heterocycles. The van der Waals surface area contributed by atoms with Gasteiger partial charge in [0.05, 0.1) is 6.26 Å². The number of hydrogen-bond acceptors (Lipinski definition) is 5. The summed E-state index contributed by atoms with van der Waals surface area (Å²) >= 11 is 0. The van der Waals surface area contributed by atoms with Crippen LogP contribution in [0, 0.1) is 0 Å². The molecule has 0 saturated carbocycles. The van der Waals surface area contributed by atoms with Crippen molar-refractivity contribution in [2.24, 2.45) is 0 Å². The summed E-state index contributed by atoms with van der Waals surface area (Å²) in [5, 5.41) is 15.1. The van der Waals surface area contributed by atoms with Gasteiger partial charge in [0.1, 0.15) is 5.58 Å². The van der Waals surface area contributed by atoms with Gasteiger partial charge < -0.3 is 25.1 Å². The number of carbonyl (C=O) groups excluding carboxylic acids is 2. The number of carbonyl (C=O) groups is 3. The quantitative estimate of drug-likeness (QED) is 0.158. The zero-order chi connectivity index (χ0) is 31.5. The molecule has 232 valence electrons. The number of nitrogens with one attached hydrogen (secondary N) is 2. The van der Waals surface area contributed by atoms with E-state index >= 15 is 0 Å². The van der Waals surface area contributed by atoms with Crippen LogP contribution in [0.5, 0.6) is 0 Å². The van der Waals surface area contributed by atoms with Crippen molar-refractivity contribution in [3.63, 3.8) is 0 Å². The van der Waals surface area contributed by atoms with Crippen LogP contribution in [0.4, 0.5) is 16.2 Å². The van der Waals surface area contributed by atoms with Crippen molar-refractivity contribution in [2.75, 3.05) is 23.7 Å². The van der Waals surface area contributed by atoms with Gasteiger partial charge in [0.25, 0.3) is 0 Å². The molecule has 0 radical (unpaired) electrons. The van der Waals surface area contributed by atoms with E-state index in [4.69, 9.17) is 9.52 Å². The van der Waals surface area contributed by atoms with Crippen LogP contribution in [0.1, 0.15) is 80.3 Å². The number of nitrogens with zero attached hydrogens (tertiary/aromatic N) is 1. The number of piperidine rings is 1. The molecule has 2 amide bonds. The van der Waals surface area contributed by atoms with Crippen molar-refractivity contribution in [1.82, 2.24) is 4.90 Å². The van der Waals surface area contributed by atoms with Crippen LogP contribution >= 0.6 is 0 Å². The molecule has 5 rings (SSSR count). The Balaban J connectivity index is 0.000000339. The Labute approximate surface area is 259 Å². The highest BCUT2D eigenvalue weighted by molar-refractivity contribution is 6.02. The minimum absolute atomic E-state index is 0.0392. The maximum Gasteiger partial charge on any atom is 0.323 e. The van der Waals surface area contributed by atoms with Gasteiger partial charge in [-0.15, -0.1) is 0 Å². The molecule has 4 aromatic rings. The molecular formula is C36H43N3O5. The smallest absolute Gasteiger partial charge is 0.323 e. The highest BCUT2D eigenvalue weighted by atomic mass is 16.4. The second-order valence-corrected chi connectivity index (χ2v) is 11.4. The zero-order valence-electron chi connectivity index (χ0n) is 25.8. The molecule has 3 aromatic carbocycles. The van der Waals surface area contributed by atoms with E-state index < -0.39 is 5.97 Å². The highest BCUT2D eigenvalue weighted by Crippen LogP contribution is 2.36. The molecule has 3 N–H and O–H groups in total. The maximum atomic E-state index is 12.5. The Kier molecular flexibility index (Phi) is 11.7. The van der Waals surface area contributed by atoms with Crippen LogP contribution in [-0.2, 0) is 11.2 Å². The molecule has 0 aliphatic carbocycles. The average Bonchev–Trinajstić information content (AvgIpc) is 3.44. The number of urea groups is 1. The van der Waals surface area contributed by atoms with Gasteiger partial charge in [0.15, 0.2) is 5.78 Å². The number of carboxylic acids is 1. The van der Waals surface area contributed by atoms with Crippen LogP contribution in [0.3, 0.4) is 0 Å². The van der Waals surface area contributed by atoms with Crippen molar-refractivity contribution in [3.05, 3.63) is 95.7 Å². The minimum Gasteiger partial charge on any atom is -0.481 e. The number of furan rings is 1. The van der Waals surface area contributed by atoms with E-state index in [0.717, 1.165) is 42.5 Å². The first-order valence-electron chi connectivity index (χ1n) is 15.4. The number of ketones is 1. The lowest BCUT2D eigenvalue weighted by molar-refractivity contribution is -0.136. The summed E-state index contributed by atoms with van der Waals surface area (Å²) in [6, 6.07) is 22.6. The molecule has 1 aromatic heterocycles. The fraction of sp³-hybridized carbons (Fsp3) is 0.361. The van der Waals surface area contributed by atoms with Crippen molar-refractivity contribution >= 4 is 40.1 Å². The number of aryl methyl sites for hydroxylation is 1. The molecule has 2 heterocycles. The van der Waals surface area contributed by atoms with Crippen LogP contribution in [-0.4, -0.2) is 46.9 Å². The monoisotopic (exact) mass is 597 g/mol. The van der Waals surface area contributed by atoms with Gasteiger partial charge in [0.2, 0.25) is 0 Å². The summed E-state index contributed by atoms with van der Waals surface area (Å²) < 4.78 is 5.83. The first kappa shape index (κ1) is 32.5. The first-order chi connectivity index (χ1) is 21.2. The topological polar surface area (TPSA) is 112 Å². The summed E-state index contributed by atoms with van der Waals surface area (Å²) in [7, 11) is 0. The molecular weight excluding hydrogens is 554 g/mol. The highest BCUT2D eigenvalue weighted by Gasteiger charge is 2.25. The predicted octanol–water partition coefficient (Wildman–Crippen LogP) is 8.35. The molecule has 0 bridgehead atoms. The number of amides is 2. The molecule has 8 nitrogen and oxygen atoms in total. The Morgan fingerprint density at radius 3 is 2.32 bits per heavy atom. The molecule has 1 unspecified atom stereocenters. The SMILES string of the molecule is CCCC(C)N1CCC(c2coc3ccc(NC(=O)Nc4cccc(C(C)=O)c4)cc23)CC1.O=C(O)CCc1ccccc1. The summed E-state index contributed by atoms with van der Waals surface area (Å²) in [4.78, 5) is 36.9. The molecule has 1 fully saturated rings. The third kappa shape index (κ3) is 9.28. The van der Waals surface area contributed by atoms with Gasteiger partial charge in [-0.25, -0.2) is 4.79 Å². The van der Waals surface area contributed by atoms with Crippen molar-refractivity contribution in [3.8, 4) is 0 Å². The Hall–Kier alpha value is -4.43. The molecule has 1 atom stereocenters. The van der Waals surface area contributed by atoms with Gasteiger partial charge in [-0.05, 0) is 94.4 Å². The lowest BCUT2D eigenvalue weighted by Gasteiger charge is -2.36. The van der Waals surface area contributed by atoms with Gasteiger partial charge in [-0.3, -0.25) is 9.59 Å². The summed E-state index contributed by atoms with van der Waals surface area (Å²) in [5.74, 6) is -0.314. The second-order valence-electron chi connectivity index (χ2n) is 11.4. The number of rotatable bonds is 10. The number of anilines is 2. The molecule has 1 saturated heterocycles. The Bertz CT molecular complexity index is 1540. The number of carboxylic acid groups (broad SMARTS) is 1.